The Morgan fingerprint density at radius 2 is 1.79 bits per heavy atom. The number of rotatable bonds is 9. The molecule has 1 fully saturated rings. The average Bonchev–Trinajstić information content (AvgIpc) is 3.18. The summed E-state index contributed by atoms with van der Waals surface area (Å²) in [4.78, 5) is 16.4. The second-order valence-electron chi connectivity index (χ2n) is 8.61. The zero-order valence-corrected chi connectivity index (χ0v) is 19.8. The van der Waals surface area contributed by atoms with Gasteiger partial charge in [-0.2, -0.15) is 0 Å². The van der Waals surface area contributed by atoms with Crippen LogP contribution in [0, 0.1) is 6.92 Å². The van der Waals surface area contributed by atoms with Crippen molar-refractivity contribution in [3.8, 4) is 11.5 Å². The number of aromatic nitrogens is 1. The fourth-order valence-corrected chi connectivity index (χ4v) is 4.91. The smallest absolute Gasteiger partial charge is 0.214 e. The summed E-state index contributed by atoms with van der Waals surface area (Å²) in [5, 5.41) is 1.30. The van der Waals surface area contributed by atoms with Gasteiger partial charge in [0.15, 0.2) is 0 Å². The molecule has 0 saturated carbocycles. The Morgan fingerprint density at radius 1 is 1.12 bits per heavy atom. The van der Waals surface area contributed by atoms with Crippen molar-refractivity contribution >= 4 is 23.0 Å². The van der Waals surface area contributed by atoms with Crippen molar-refractivity contribution in [3.63, 3.8) is 0 Å². The van der Waals surface area contributed by atoms with Crippen LogP contribution >= 0.6 is 0 Å². The number of benzene rings is 2. The molecule has 2 aromatic carbocycles. The van der Waals surface area contributed by atoms with Crippen LogP contribution < -0.4 is 14.4 Å². The quantitative estimate of drug-likeness (QED) is 0.350. The Labute approximate surface area is 196 Å². The molecule has 1 aromatic heterocycles. The van der Waals surface area contributed by atoms with E-state index in [1.54, 1.807) is 14.2 Å². The van der Waals surface area contributed by atoms with E-state index in [-0.39, 0.29) is 6.04 Å². The highest BCUT2D eigenvalue weighted by Gasteiger charge is 2.26. The molecule has 6 heteroatoms. The van der Waals surface area contributed by atoms with Crippen molar-refractivity contribution in [2.24, 2.45) is 0 Å². The van der Waals surface area contributed by atoms with Crippen LogP contribution in [-0.4, -0.2) is 49.2 Å². The molecule has 4 rings (SSSR count). The Hall–Kier alpha value is -3.25. The highest BCUT2D eigenvalue weighted by Crippen LogP contribution is 2.35. The average molecular weight is 448 g/mol. The van der Waals surface area contributed by atoms with E-state index in [1.807, 2.05) is 30.0 Å². The summed E-state index contributed by atoms with van der Waals surface area (Å²) in [5.74, 6) is 1.45. The highest BCUT2D eigenvalue weighted by atomic mass is 16.5. The van der Waals surface area contributed by atoms with Gasteiger partial charge in [-0.05, 0) is 31.4 Å². The molecule has 0 atom stereocenters. The van der Waals surface area contributed by atoms with Gasteiger partial charge < -0.3 is 18.9 Å². The minimum Gasteiger partial charge on any atom is -0.496 e. The predicted molar refractivity (Wildman–Crippen MR) is 133 cm³/mol. The van der Waals surface area contributed by atoms with Crippen LogP contribution in [0.5, 0.6) is 11.5 Å². The van der Waals surface area contributed by atoms with Gasteiger partial charge >= 0.3 is 0 Å². The van der Waals surface area contributed by atoms with Gasteiger partial charge in [0.05, 0.1) is 19.9 Å². The number of amides is 1. The molecular formula is C27H33N3O3. The normalized spacial score (nSPS) is 14.9. The lowest BCUT2D eigenvalue weighted by Gasteiger charge is -2.37. The molecule has 174 valence electrons. The molecule has 1 aliphatic heterocycles. The number of carbonyl (C=O) groups excluding carboxylic acids is 1. The number of piperidine rings is 1. The number of likely N-dealkylation sites (tertiary alicyclic amines) is 1. The Morgan fingerprint density at radius 3 is 2.39 bits per heavy atom. The predicted octanol–water partition coefficient (Wildman–Crippen LogP) is 4.78. The zero-order chi connectivity index (χ0) is 23.4. The van der Waals surface area contributed by atoms with Gasteiger partial charge in [0.25, 0.3) is 0 Å². The largest absolute Gasteiger partial charge is 0.496 e. The van der Waals surface area contributed by atoms with Crippen LogP contribution in [0.3, 0.4) is 0 Å². The third kappa shape index (κ3) is 4.62. The number of hydrogen-bond donors (Lipinski definition) is 0. The van der Waals surface area contributed by atoms with Gasteiger partial charge in [-0.1, -0.05) is 24.3 Å². The fraction of sp³-hybridized carbons (Fsp3) is 0.370. The van der Waals surface area contributed by atoms with Gasteiger partial charge in [0.2, 0.25) is 6.41 Å². The minimum atomic E-state index is 0.151. The number of methoxy groups -OCH3 is 2. The van der Waals surface area contributed by atoms with E-state index in [4.69, 9.17) is 9.47 Å². The highest BCUT2D eigenvalue weighted by molar-refractivity contribution is 5.84. The third-order valence-corrected chi connectivity index (χ3v) is 6.69. The topological polar surface area (TPSA) is 46.9 Å². The molecule has 3 aromatic rings. The molecule has 2 heterocycles. The van der Waals surface area contributed by atoms with E-state index in [0.717, 1.165) is 68.2 Å². The van der Waals surface area contributed by atoms with Crippen molar-refractivity contribution in [2.45, 2.75) is 38.9 Å². The number of hydrogen-bond acceptors (Lipinski definition) is 4. The summed E-state index contributed by atoms with van der Waals surface area (Å²) in [6.07, 6.45) is 6.96. The zero-order valence-electron chi connectivity index (χ0n) is 19.8. The monoisotopic (exact) mass is 447 g/mol. The number of fused-ring (bicyclic) bond motifs is 1. The van der Waals surface area contributed by atoms with Crippen LogP contribution in [0.4, 0.5) is 5.69 Å². The first kappa shape index (κ1) is 22.9. The van der Waals surface area contributed by atoms with E-state index in [2.05, 4.69) is 46.5 Å². The molecule has 0 aliphatic carbocycles. The summed E-state index contributed by atoms with van der Waals surface area (Å²) in [6, 6.07) is 12.5. The molecule has 0 unspecified atom stereocenters. The maximum atomic E-state index is 12.1. The maximum Gasteiger partial charge on any atom is 0.214 e. The molecule has 33 heavy (non-hydrogen) atoms. The van der Waals surface area contributed by atoms with Gasteiger partial charge in [0.1, 0.15) is 11.5 Å². The molecule has 0 bridgehead atoms. The molecule has 1 aliphatic rings. The standard InChI is InChI=1S/C27H33N3O3/c1-5-12-29-18-21(24-8-6-7-9-25(24)29)17-28-13-10-22(11-14-28)30(19-31)23-15-26(32-3)20(2)27(16-23)33-4/h5-9,15-16,18-19,22H,1,10-14,17H2,2-4H3. The summed E-state index contributed by atoms with van der Waals surface area (Å²) in [5.41, 5.74) is 4.33. The van der Waals surface area contributed by atoms with E-state index >= 15 is 0 Å². The third-order valence-electron chi connectivity index (χ3n) is 6.69. The maximum absolute atomic E-state index is 12.1. The van der Waals surface area contributed by atoms with Crippen LogP contribution in [-0.2, 0) is 17.9 Å². The van der Waals surface area contributed by atoms with Crippen molar-refractivity contribution in [1.82, 2.24) is 9.47 Å². The Balaban J connectivity index is 1.47. The van der Waals surface area contributed by atoms with E-state index in [1.165, 1.54) is 16.5 Å². The van der Waals surface area contributed by atoms with Crippen molar-refractivity contribution < 1.29 is 14.3 Å². The summed E-state index contributed by atoms with van der Waals surface area (Å²) in [7, 11) is 3.28. The first-order valence-electron chi connectivity index (χ1n) is 11.5. The second-order valence-corrected chi connectivity index (χ2v) is 8.61. The molecule has 0 N–H and O–H groups in total. The molecule has 1 amide bonds. The fourth-order valence-electron chi connectivity index (χ4n) is 4.91. The molecule has 0 spiro atoms. The molecule has 0 radical (unpaired) electrons. The van der Waals surface area contributed by atoms with E-state index in [9.17, 15) is 4.79 Å². The molecule has 6 nitrogen and oxygen atoms in total. The number of nitrogens with zero attached hydrogens (tertiary/aromatic N) is 3. The summed E-state index contributed by atoms with van der Waals surface area (Å²) < 4.78 is 13.3. The van der Waals surface area contributed by atoms with Crippen LogP contribution in [0.2, 0.25) is 0 Å². The SMILES string of the molecule is C=CCn1cc(CN2CCC(N(C=O)c3cc(OC)c(C)c(OC)c3)CC2)c2ccccc21. The summed E-state index contributed by atoms with van der Waals surface area (Å²) >= 11 is 0. The Bertz CT molecular complexity index is 1100. The van der Waals surface area contributed by atoms with Crippen LogP contribution in [0.15, 0.2) is 55.3 Å². The number of anilines is 1. The minimum absolute atomic E-state index is 0.151. The lowest BCUT2D eigenvalue weighted by Crippen LogP contribution is -2.44. The Kier molecular flexibility index (Phi) is 7.04. The number of carbonyl (C=O) groups is 1. The van der Waals surface area contributed by atoms with Gasteiger partial charge in [0, 0.05) is 67.0 Å². The summed E-state index contributed by atoms with van der Waals surface area (Å²) in [6.45, 7) is 9.44. The van der Waals surface area contributed by atoms with Gasteiger partial charge in [-0.15, -0.1) is 6.58 Å². The van der Waals surface area contributed by atoms with E-state index < -0.39 is 0 Å². The van der Waals surface area contributed by atoms with Crippen molar-refractivity contribution in [1.29, 1.82) is 0 Å². The van der Waals surface area contributed by atoms with Gasteiger partial charge in [-0.3, -0.25) is 9.69 Å². The molecule has 1 saturated heterocycles. The number of allylic oxidation sites excluding steroid dienone is 1. The van der Waals surface area contributed by atoms with E-state index in [0.29, 0.717) is 0 Å². The second kappa shape index (κ2) is 10.1. The van der Waals surface area contributed by atoms with Gasteiger partial charge in [-0.25, -0.2) is 0 Å². The first-order chi connectivity index (χ1) is 16.1. The lowest BCUT2D eigenvalue weighted by atomic mass is 10.0. The first-order valence-corrected chi connectivity index (χ1v) is 11.5. The molecular weight excluding hydrogens is 414 g/mol. The van der Waals surface area contributed by atoms with Crippen LogP contribution in [0.1, 0.15) is 24.0 Å². The number of para-hydroxylation sites is 1. The van der Waals surface area contributed by atoms with Crippen LogP contribution in [0.25, 0.3) is 10.9 Å². The van der Waals surface area contributed by atoms with Crippen molar-refractivity contribution in [2.75, 3.05) is 32.2 Å². The van der Waals surface area contributed by atoms with Crippen molar-refractivity contribution in [3.05, 3.63) is 66.4 Å². The lowest BCUT2D eigenvalue weighted by molar-refractivity contribution is -0.108. The number of ether oxygens (including phenoxy) is 2.